The van der Waals surface area contributed by atoms with Crippen LogP contribution in [0, 0.1) is 10.1 Å². The molecule has 0 bridgehead atoms. The first-order chi connectivity index (χ1) is 7.70. The first-order valence-electron chi connectivity index (χ1n) is 5.12. The maximum absolute atomic E-state index is 10.5. The Morgan fingerprint density at radius 3 is 2.62 bits per heavy atom. The molecule has 1 saturated heterocycles. The number of hydrogen-bond donors (Lipinski definition) is 0. The molecule has 0 N–H and O–H groups in total. The topological polar surface area (TPSA) is 52.4 Å². The van der Waals surface area contributed by atoms with Crippen LogP contribution in [0.4, 0.5) is 5.69 Å². The fraction of sp³-hybridized carbons (Fsp3) is 0.455. The Bertz CT molecular complexity index is 379. The SMILES string of the molecule is O=[N+]([O-])c1ccc([C@@H]2CO[C@H](CI)C2)cc1. The standard InChI is InChI=1S/C11H12INO3/c12-6-11-5-9(7-16-11)8-1-3-10(4-2-8)13(14)15/h1-4,9,11H,5-7H2/t9-,11-/m0/s1. The summed E-state index contributed by atoms with van der Waals surface area (Å²) in [5.41, 5.74) is 1.28. The summed E-state index contributed by atoms with van der Waals surface area (Å²) in [5.74, 6) is 0.389. The number of hydrogen-bond acceptors (Lipinski definition) is 3. The van der Waals surface area contributed by atoms with E-state index in [0.29, 0.717) is 12.0 Å². The summed E-state index contributed by atoms with van der Waals surface area (Å²) >= 11 is 2.32. The lowest BCUT2D eigenvalue weighted by Crippen LogP contribution is -2.05. The molecule has 0 radical (unpaired) electrons. The molecule has 0 aromatic heterocycles. The van der Waals surface area contributed by atoms with Crippen molar-refractivity contribution < 1.29 is 9.66 Å². The Balaban J connectivity index is 2.08. The number of nitro groups is 1. The molecule has 0 amide bonds. The zero-order chi connectivity index (χ0) is 11.5. The van der Waals surface area contributed by atoms with E-state index in [9.17, 15) is 10.1 Å². The molecule has 0 aliphatic carbocycles. The number of alkyl halides is 1. The highest BCUT2D eigenvalue weighted by atomic mass is 127. The van der Waals surface area contributed by atoms with E-state index in [1.165, 1.54) is 0 Å². The summed E-state index contributed by atoms with van der Waals surface area (Å²) in [6.45, 7) is 0.728. The second-order valence-electron chi connectivity index (χ2n) is 3.89. The molecule has 1 aliphatic heterocycles. The quantitative estimate of drug-likeness (QED) is 0.370. The normalized spacial score (nSPS) is 24.6. The minimum absolute atomic E-state index is 0.146. The van der Waals surface area contributed by atoms with Gasteiger partial charge in [-0.2, -0.15) is 0 Å². The molecule has 0 spiro atoms. The lowest BCUT2D eigenvalue weighted by atomic mass is 9.96. The highest BCUT2D eigenvalue weighted by Crippen LogP contribution is 2.30. The van der Waals surface area contributed by atoms with Crippen molar-refractivity contribution in [2.45, 2.75) is 18.4 Å². The van der Waals surface area contributed by atoms with Crippen molar-refractivity contribution >= 4 is 28.3 Å². The Morgan fingerprint density at radius 2 is 2.12 bits per heavy atom. The van der Waals surface area contributed by atoms with E-state index in [0.717, 1.165) is 23.0 Å². The van der Waals surface area contributed by atoms with Gasteiger partial charge in [0, 0.05) is 22.5 Å². The summed E-state index contributed by atoms with van der Waals surface area (Å²) < 4.78 is 6.61. The van der Waals surface area contributed by atoms with Crippen LogP contribution in [0.2, 0.25) is 0 Å². The Hall–Kier alpha value is -0.690. The summed E-state index contributed by atoms with van der Waals surface area (Å²) in [7, 11) is 0. The molecule has 2 atom stereocenters. The fourth-order valence-electron chi connectivity index (χ4n) is 1.91. The number of non-ortho nitro benzene ring substituents is 1. The predicted molar refractivity (Wildman–Crippen MR) is 69.1 cm³/mol. The molecule has 1 aromatic carbocycles. The smallest absolute Gasteiger partial charge is 0.269 e. The first-order valence-corrected chi connectivity index (χ1v) is 6.65. The van der Waals surface area contributed by atoms with E-state index in [-0.39, 0.29) is 10.6 Å². The zero-order valence-corrected chi connectivity index (χ0v) is 10.8. The Kier molecular flexibility index (Phi) is 3.75. The van der Waals surface area contributed by atoms with Gasteiger partial charge in [0.05, 0.1) is 17.6 Å². The molecule has 5 heteroatoms. The molecular weight excluding hydrogens is 321 g/mol. The van der Waals surface area contributed by atoms with Gasteiger partial charge < -0.3 is 4.74 Å². The minimum atomic E-state index is -0.372. The Labute approximate surface area is 107 Å². The lowest BCUT2D eigenvalue weighted by molar-refractivity contribution is -0.384. The number of rotatable bonds is 3. The van der Waals surface area contributed by atoms with Crippen LogP contribution in [0.3, 0.4) is 0 Å². The molecule has 0 saturated carbocycles. The monoisotopic (exact) mass is 333 g/mol. The van der Waals surface area contributed by atoms with Gasteiger partial charge in [-0.25, -0.2) is 0 Å². The minimum Gasteiger partial charge on any atom is -0.377 e. The van der Waals surface area contributed by atoms with Crippen LogP contribution in [-0.2, 0) is 4.74 Å². The van der Waals surface area contributed by atoms with E-state index in [2.05, 4.69) is 22.6 Å². The predicted octanol–water partition coefficient (Wildman–Crippen LogP) is 2.90. The molecular formula is C11H12INO3. The highest BCUT2D eigenvalue weighted by molar-refractivity contribution is 14.1. The van der Waals surface area contributed by atoms with Gasteiger partial charge in [-0.3, -0.25) is 10.1 Å². The molecule has 86 valence electrons. The second kappa shape index (κ2) is 5.09. The van der Waals surface area contributed by atoms with Gasteiger partial charge in [-0.15, -0.1) is 0 Å². The molecule has 16 heavy (non-hydrogen) atoms. The average Bonchev–Trinajstić information content (AvgIpc) is 2.77. The molecule has 1 aromatic rings. The molecule has 1 heterocycles. The first kappa shape index (κ1) is 11.8. The number of nitrogens with zero attached hydrogens (tertiary/aromatic N) is 1. The lowest BCUT2D eigenvalue weighted by Gasteiger charge is -2.07. The van der Waals surface area contributed by atoms with Crippen molar-refractivity contribution in [3.63, 3.8) is 0 Å². The largest absolute Gasteiger partial charge is 0.377 e. The summed E-state index contributed by atoms with van der Waals surface area (Å²) in [4.78, 5) is 10.1. The van der Waals surface area contributed by atoms with Crippen molar-refractivity contribution in [1.29, 1.82) is 0 Å². The molecule has 4 nitrogen and oxygen atoms in total. The second-order valence-corrected chi connectivity index (χ2v) is 4.77. The van der Waals surface area contributed by atoms with E-state index >= 15 is 0 Å². The number of benzene rings is 1. The van der Waals surface area contributed by atoms with Gasteiger partial charge in [-0.05, 0) is 12.0 Å². The highest BCUT2D eigenvalue weighted by Gasteiger charge is 2.25. The van der Waals surface area contributed by atoms with Crippen molar-refractivity contribution in [3.8, 4) is 0 Å². The van der Waals surface area contributed by atoms with Crippen molar-refractivity contribution in [3.05, 3.63) is 39.9 Å². The van der Waals surface area contributed by atoms with Gasteiger partial charge in [0.15, 0.2) is 0 Å². The van der Waals surface area contributed by atoms with Crippen LogP contribution in [0.15, 0.2) is 24.3 Å². The van der Waals surface area contributed by atoms with Crippen molar-refractivity contribution in [2.75, 3.05) is 11.0 Å². The number of nitro benzene ring substituents is 1. The fourth-order valence-corrected chi connectivity index (χ4v) is 2.53. The van der Waals surface area contributed by atoms with E-state index < -0.39 is 0 Å². The van der Waals surface area contributed by atoms with Crippen LogP contribution < -0.4 is 0 Å². The third kappa shape index (κ3) is 2.52. The molecule has 0 unspecified atom stereocenters. The van der Waals surface area contributed by atoms with Crippen LogP contribution in [-0.4, -0.2) is 22.1 Å². The van der Waals surface area contributed by atoms with Gasteiger partial charge in [0.1, 0.15) is 0 Å². The maximum atomic E-state index is 10.5. The number of halogens is 1. The van der Waals surface area contributed by atoms with Crippen LogP contribution in [0.1, 0.15) is 17.9 Å². The van der Waals surface area contributed by atoms with E-state index in [4.69, 9.17) is 4.74 Å². The summed E-state index contributed by atoms with van der Waals surface area (Å²) in [6, 6.07) is 6.79. The number of ether oxygens (including phenoxy) is 1. The van der Waals surface area contributed by atoms with Crippen LogP contribution >= 0.6 is 22.6 Å². The zero-order valence-electron chi connectivity index (χ0n) is 8.64. The third-order valence-corrected chi connectivity index (χ3v) is 3.81. The van der Waals surface area contributed by atoms with E-state index in [1.54, 1.807) is 12.1 Å². The summed E-state index contributed by atoms with van der Waals surface area (Å²) in [6.07, 6.45) is 1.35. The van der Waals surface area contributed by atoms with Crippen molar-refractivity contribution in [2.24, 2.45) is 0 Å². The molecule has 1 fully saturated rings. The van der Waals surface area contributed by atoms with Crippen molar-refractivity contribution in [1.82, 2.24) is 0 Å². The van der Waals surface area contributed by atoms with Gasteiger partial charge in [0.25, 0.3) is 5.69 Å². The Morgan fingerprint density at radius 1 is 1.44 bits per heavy atom. The van der Waals surface area contributed by atoms with Crippen LogP contribution in [0.25, 0.3) is 0 Å². The molecule has 2 rings (SSSR count). The average molecular weight is 333 g/mol. The van der Waals surface area contributed by atoms with Gasteiger partial charge in [-0.1, -0.05) is 34.7 Å². The molecule has 1 aliphatic rings. The maximum Gasteiger partial charge on any atom is 0.269 e. The van der Waals surface area contributed by atoms with Crippen LogP contribution in [0.5, 0.6) is 0 Å². The van der Waals surface area contributed by atoms with E-state index in [1.807, 2.05) is 12.1 Å². The van der Waals surface area contributed by atoms with Gasteiger partial charge >= 0.3 is 0 Å². The third-order valence-electron chi connectivity index (χ3n) is 2.83. The summed E-state index contributed by atoms with van der Waals surface area (Å²) in [5, 5.41) is 10.5. The van der Waals surface area contributed by atoms with Gasteiger partial charge in [0.2, 0.25) is 0 Å².